The molecule has 1 N–H and O–H groups in total. The van der Waals surface area contributed by atoms with Gasteiger partial charge in [-0.25, -0.2) is 0 Å². The number of hydrogen-bond acceptors (Lipinski definition) is 5. The van der Waals surface area contributed by atoms with Gasteiger partial charge in [0.15, 0.2) is 5.82 Å². The Balaban J connectivity index is 1.85. The topological polar surface area (TPSA) is 93.3 Å². The molecule has 2 heterocycles. The third kappa shape index (κ3) is 3.37. The molecular weight excluding hydrogens is 310 g/mol. The molecule has 1 saturated heterocycles. The van der Waals surface area contributed by atoms with Gasteiger partial charge in [0.25, 0.3) is 11.6 Å². The number of hydrogen-bond donors (Lipinski definition) is 1. The largest absolute Gasteiger partial charge is 0.366 e. The van der Waals surface area contributed by atoms with Crippen LogP contribution in [0.4, 0.5) is 17.2 Å². The minimum atomic E-state index is -0.429. The van der Waals surface area contributed by atoms with Crippen LogP contribution in [0.3, 0.4) is 0 Å². The predicted octanol–water partition coefficient (Wildman–Crippen LogP) is 2.57. The zero-order valence-electron chi connectivity index (χ0n) is 13.4. The van der Waals surface area contributed by atoms with Gasteiger partial charge in [-0.2, -0.15) is 5.10 Å². The molecule has 0 radical (unpaired) electrons. The number of piperidine rings is 1. The van der Waals surface area contributed by atoms with E-state index in [1.807, 2.05) is 4.90 Å². The van der Waals surface area contributed by atoms with Crippen LogP contribution in [0, 0.1) is 10.1 Å². The Hall–Kier alpha value is -2.90. The van der Waals surface area contributed by atoms with Crippen LogP contribution in [0.2, 0.25) is 0 Å². The van der Waals surface area contributed by atoms with Crippen LogP contribution >= 0.6 is 0 Å². The summed E-state index contributed by atoms with van der Waals surface area (Å²) in [7, 11) is 1.74. The lowest BCUT2D eigenvalue weighted by molar-refractivity contribution is -0.384. The molecule has 2 aromatic rings. The molecule has 8 nitrogen and oxygen atoms in total. The van der Waals surface area contributed by atoms with E-state index in [1.54, 1.807) is 36.1 Å². The van der Waals surface area contributed by atoms with Crippen molar-refractivity contribution in [3.05, 3.63) is 46.1 Å². The van der Waals surface area contributed by atoms with Gasteiger partial charge in [-0.05, 0) is 31.4 Å². The van der Waals surface area contributed by atoms with E-state index < -0.39 is 10.8 Å². The fourth-order valence-electron chi connectivity index (χ4n) is 2.88. The van der Waals surface area contributed by atoms with Gasteiger partial charge in [0.1, 0.15) is 5.69 Å². The van der Waals surface area contributed by atoms with E-state index in [4.69, 9.17) is 0 Å². The first-order valence-electron chi connectivity index (χ1n) is 7.89. The number of nitrogens with one attached hydrogen (secondary N) is 1. The fraction of sp³-hybridized carbons (Fsp3) is 0.375. The van der Waals surface area contributed by atoms with Crippen molar-refractivity contribution in [2.45, 2.75) is 19.3 Å². The second kappa shape index (κ2) is 6.69. The highest BCUT2D eigenvalue weighted by atomic mass is 16.6. The summed E-state index contributed by atoms with van der Waals surface area (Å²) in [5.74, 6) is -0.00717. The van der Waals surface area contributed by atoms with Crippen molar-refractivity contribution in [2.24, 2.45) is 7.05 Å². The molecule has 1 amide bonds. The molecule has 1 aromatic heterocycles. The highest BCUT2D eigenvalue weighted by Crippen LogP contribution is 2.31. The molecule has 1 aliphatic rings. The van der Waals surface area contributed by atoms with Crippen molar-refractivity contribution in [2.75, 3.05) is 23.3 Å². The van der Waals surface area contributed by atoms with Crippen LogP contribution in [0.15, 0.2) is 30.5 Å². The maximum atomic E-state index is 12.3. The van der Waals surface area contributed by atoms with Crippen molar-refractivity contribution in [1.82, 2.24) is 9.78 Å². The number of nitrogens with zero attached hydrogens (tertiary/aromatic N) is 4. The maximum Gasteiger partial charge on any atom is 0.293 e. The molecule has 0 atom stereocenters. The zero-order chi connectivity index (χ0) is 17.1. The zero-order valence-corrected chi connectivity index (χ0v) is 13.4. The van der Waals surface area contributed by atoms with Crippen LogP contribution in [0.25, 0.3) is 0 Å². The average molecular weight is 329 g/mol. The molecule has 3 rings (SSSR count). The number of benzene rings is 1. The molecule has 24 heavy (non-hydrogen) atoms. The van der Waals surface area contributed by atoms with Gasteiger partial charge in [-0.1, -0.05) is 0 Å². The molecule has 0 bridgehead atoms. The van der Waals surface area contributed by atoms with Gasteiger partial charge in [0, 0.05) is 44.0 Å². The molecule has 0 spiro atoms. The maximum absolute atomic E-state index is 12.3. The number of anilines is 2. The van der Waals surface area contributed by atoms with Gasteiger partial charge in [-0.15, -0.1) is 0 Å². The molecule has 1 aromatic carbocycles. The standard InChI is InChI=1S/C16H19N5O3/c1-19-10-7-15(18-19)17-16(22)12-5-6-13(14(11-12)21(23)24)20-8-3-2-4-9-20/h5-7,10-11H,2-4,8-9H2,1H3,(H,17,18,22). The van der Waals surface area contributed by atoms with Crippen LogP contribution in [0.1, 0.15) is 29.6 Å². The number of nitro benzene ring substituents is 1. The Bertz CT molecular complexity index is 765. The van der Waals surface area contributed by atoms with Gasteiger partial charge in [-0.3, -0.25) is 19.6 Å². The first kappa shape index (κ1) is 16.0. The van der Waals surface area contributed by atoms with Crippen molar-refractivity contribution in [3.8, 4) is 0 Å². The van der Waals surface area contributed by atoms with E-state index in [1.165, 1.54) is 6.07 Å². The van der Waals surface area contributed by atoms with Gasteiger partial charge < -0.3 is 10.2 Å². The summed E-state index contributed by atoms with van der Waals surface area (Å²) in [6.45, 7) is 1.61. The van der Waals surface area contributed by atoms with E-state index in [2.05, 4.69) is 10.4 Å². The fourth-order valence-corrected chi connectivity index (χ4v) is 2.88. The van der Waals surface area contributed by atoms with E-state index in [0.717, 1.165) is 32.4 Å². The molecule has 8 heteroatoms. The predicted molar refractivity (Wildman–Crippen MR) is 90.3 cm³/mol. The quantitative estimate of drug-likeness (QED) is 0.687. The van der Waals surface area contributed by atoms with Crippen LogP contribution in [-0.2, 0) is 7.05 Å². The summed E-state index contributed by atoms with van der Waals surface area (Å²) in [6, 6.07) is 6.28. The number of amides is 1. The smallest absolute Gasteiger partial charge is 0.293 e. The molecule has 0 aliphatic carbocycles. The monoisotopic (exact) mass is 329 g/mol. The van der Waals surface area contributed by atoms with E-state index in [0.29, 0.717) is 11.5 Å². The second-order valence-electron chi connectivity index (χ2n) is 5.84. The lowest BCUT2D eigenvalue weighted by Crippen LogP contribution is -2.30. The normalized spacial score (nSPS) is 14.5. The number of carbonyl (C=O) groups is 1. The number of carbonyl (C=O) groups excluding carboxylic acids is 1. The number of aryl methyl sites for hydroxylation is 1. The first-order valence-corrected chi connectivity index (χ1v) is 7.89. The highest BCUT2D eigenvalue weighted by molar-refractivity contribution is 6.04. The summed E-state index contributed by atoms with van der Waals surface area (Å²) >= 11 is 0. The molecular formula is C16H19N5O3. The van der Waals surface area contributed by atoms with Crippen LogP contribution in [-0.4, -0.2) is 33.7 Å². The Morgan fingerprint density at radius 2 is 2.00 bits per heavy atom. The average Bonchev–Trinajstić information content (AvgIpc) is 3.00. The number of aromatic nitrogens is 2. The molecule has 1 fully saturated rings. The lowest BCUT2D eigenvalue weighted by atomic mass is 10.1. The van der Waals surface area contributed by atoms with Crippen LogP contribution in [0.5, 0.6) is 0 Å². The third-order valence-corrected chi connectivity index (χ3v) is 4.09. The molecule has 126 valence electrons. The second-order valence-corrected chi connectivity index (χ2v) is 5.84. The number of nitro groups is 1. The number of rotatable bonds is 4. The minimum absolute atomic E-state index is 0.0365. The third-order valence-electron chi connectivity index (χ3n) is 4.09. The Labute approximate surface area is 139 Å². The summed E-state index contributed by atoms with van der Waals surface area (Å²) in [4.78, 5) is 25.3. The van der Waals surface area contributed by atoms with Gasteiger partial charge in [0.05, 0.1) is 4.92 Å². The Morgan fingerprint density at radius 1 is 1.25 bits per heavy atom. The van der Waals surface area contributed by atoms with Crippen molar-refractivity contribution in [1.29, 1.82) is 0 Å². The van der Waals surface area contributed by atoms with Crippen molar-refractivity contribution >= 4 is 23.1 Å². The summed E-state index contributed by atoms with van der Waals surface area (Å²) in [5.41, 5.74) is 0.785. The summed E-state index contributed by atoms with van der Waals surface area (Å²) in [5, 5.41) is 18.1. The molecule has 0 unspecified atom stereocenters. The van der Waals surface area contributed by atoms with Crippen LogP contribution < -0.4 is 10.2 Å². The Morgan fingerprint density at radius 3 is 2.62 bits per heavy atom. The molecule has 1 aliphatic heterocycles. The van der Waals surface area contributed by atoms with Gasteiger partial charge in [0.2, 0.25) is 0 Å². The SMILES string of the molecule is Cn1ccc(NC(=O)c2ccc(N3CCCCC3)c([N+](=O)[O-])c2)n1. The summed E-state index contributed by atoms with van der Waals surface area (Å²) in [6.07, 6.45) is 4.91. The minimum Gasteiger partial charge on any atom is -0.366 e. The summed E-state index contributed by atoms with van der Waals surface area (Å²) < 4.78 is 1.57. The van der Waals surface area contributed by atoms with Gasteiger partial charge >= 0.3 is 0 Å². The first-order chi connectivity index (χ1) is 11.5. The van der Waals surface area contributed by atoms with Crippen molar-refractivity contribution < 1.29 is 9.72 Å². The van der Waals surface area contributed by atoms with E-state index in [-0.39, 0.29) is 11.3 Å². The highest BCUT2D eigenvalue weighted by Gasteiger charge is 2.23. The van der Waals surface area contributed by atoms with E-state index in [9.17, 15) is 14.9 Å². The van der Waals surface area contributed by atoms with Crippen molar-refractivity contribution in [3.63, 3.8) is 0 Å². The lowest BCUT2D eigenvalue weighted by Gasteiger charge is -2.28. The molecule has 0 saturated carbocycles. The van der Waals surface area contributed by atoms with E-state index >= 15 is 0 Å². The Kier molecular flexibility index (Phi) is 4.45.